The van der Waals surface area contributed by atoms with E-state index in [-0.39, 0.29) is 6.03 Å². The van der Waals surface area contributed by atoms with E-state index < -0.39 is 0 Å². The molecule has 2 rings (SSSR count). The maximum Gasteiger partial charge on any atom is 0.315 e. The van der Waals surface area contributed by atoms with Gasteiger partial charge in [-0.3, -0.25) is 0 Å². The Hall–Kier alpha value is -0.380. The van der Waals surface area contributed by atoms with Crippen molar-refractivity contribution < 1.29 is 4.79 Å². The van der Waals surface area contributed by atoms with Crippen molar-refractivity contribution in [2.24, 2.45) is 5.41 Å². The summed E-state index contributed by atoms with van der Waals surface area (Å²) in [6.07, 6.45) is 5.13. The molecular weight excluding hydrogens is 232 g/mol. The average Bonchev–Trinajstić information content (AvgIpc) is 2.71. The topological polar surface area (TPSA) is 41.1 Å². The molecule has 0 saturated carbocycles. The molecule has 0 unspecified atom stereocenters. The molecule has 17 heavy (non-hydrogen) atoms. The van der Waals surface area contributed by atoms with E-state index in [1.165, 1.54) is 25.7 Å². The molecular formula is C13H24N2OS. The summed E-state index contributed by atoms with van der Waals surface area (Å²) in [5.41, 5.74) is 0.453. The lowest BCUT2D eigenvalue weighted by molar-refractivity contribution is 0.247. The molecule has 0 aliphatic carbocycles. The van der Waals surface area contributed by atoms with Crippen molar-refractivity contribution in [3.05, 3.63) is 0 Å². The molecule has 3 nitrogen and oxygen atoms in total. The fourth-order valence-corrected chi connectivity index (χ4v) is 4.19. The zero-order valence-corrected chi connectivity index (χ0v) is 11.9. The van der Waals surface area contributed by atoms with E-state index in [1.54, 1.807) is 0 Å². The van der Waals surface area contributed by atoms with Crippen LogP contribution in [0.15, 0.2) is 0 Å². The Bertz CT molecular complexity index is 288. The van der Waals surface area contributed by atoms with E-state index in [1.807, 2.05) is 11.8 Å². The Morgan fingerprint density at radius 1 is 1.29 bits per heavy atom. The summed E-state index contributed by atoms with van der Waals surface area (Å²) in [4.78, 5) is 11.2. The number of hydrogen-bond donors (Lipinski definition) is 2. The van der Waals surface area contributed by atoms with Crippen LogP contribution in [0.1, 0.15) is 46.5 Å². The number of carbonyl (C=O) groups is 1. The molecule has 0 aromatic rings. The summed E-state index contributed by atoms with van der Waals surface area (Å²) in [5, 5.41) is 6.67. The summed E-state index contributed by atoms with van der Waals surface area (Å²) in [7, 11) is 0. The molecule has 98 valence electrons. The lowest BCUT2D eigenvalue weighted by atomic mass is 9.89. The van der Waals surface area contributed by atoms with Crippen LogP contribution in [0.2, 0.25) is 0 Å². The first-order chi connectivity index (χ1) is 7.96. The van der Waals surface area contributed by atoms with E-state index in [9.17, 15) is 4.79 Å². The first-order valence-electron chi connectivity index (χ1n) is 6.64. The number of amides is 2. The second kappa shape index (κ2) is 5.09. The predicted octanol–water partition coefficient (Wildman–Crippen LogP) is 2.76. The molecule has 3 atom stereocenters. The van der Waals surface area contributed by atoms with Crippen molar-refractivity contribution >= 4 is 17.8 Å². The van der Waals surface area contributed by atoms with Crippen molar-refractivity contribution in [1.29, 1.82) is 0 Å². The van der Waals surface area contributed by atoms with Gasteiger partial charge in [-0.15, -0.1) is 0 Å². The number of hydrogen-bond acceptors (Lipinski definition) is 2. The summed E-state index contributed by atoms with van der Waals surface area (Å²) in [6, 6.07) is 0.780. The van der Waals surface area contributed by atoms with Gasteiger partial charge in [-0.2, -0.15) is 11.8 Å². The molecule has 2 saturated heterocycles. The smallest absolute Gasteiger partial charge is 0.315 e. The zero-order chi connectivity index (χ0) is 12.5. The van der Waals surface area contributed by atoms with Crippen LogP contribution in [0.5, 0.6) is 0 Å². The summed E-state index contributed by atoms with van der Waals surface area (Å²) < 4.78 is 0. The highest BCUT2D eigenvalue weighted by molar-refractivity contribution is 8.00. The Balaban J connectivity index is 1.68. The molecule has 2 aliphatic heterocycles. The molecule has 4 heteroatoms. The Kier molecular flexibility index (Phi) is 3.91. The van der Waals surface area contributed by atoms with Crippen molar-refractivity contribution in [3.8, 4) is 0 Å². The van der Waals surface area contributed by atoms with E-state index >= 15 is 0 Å². The third kappa shape index (κ3) is 3.54. The average molecular weight is 256 g/mol. The van der Waals surface area contributed by atoms with Gasteiger partial charge in [0.05, 0.1) is 12.1 Å². The fraction of sp³-hybridized carbons (Fsp3) is 0.923. The van der Waals surface area contributed by atoms with Gasteiger partial charge in [-0.05, 0) is 18.3 Å². The number of carbonyl (C=O) groups excluding carboxylic acids is 1. The van der Waals surface area contributed by atoms with Gasteiger partial charge in [0.25, 0.3) is 0 Å². The second-order valence-corrected chi connectivity index (χ2v) is 7.70. The standard InChI is InChI=1S/C13H24N2OS/c1-13(2,3)7-5-4-6-10-11-9(8-17-10)14-12(16)15-11/h9-11H,4-8H2,1-3H3,(H2,14,15,16)/t9-,10-,11-/m0/s1. The fourth-order valence-electron chi connectivity index (χ4n) is 2.64. The van der Waals surface area contributed by atoms with Crippen LogP contribution in [0.3, 0.4) is 0 Å². The van der Waals surface area contributed by atoms with Crippen LogP contribution in [-0.4, -0.2) is 29.1 Å². The predicted molar refractivity (Wildman–Crippen MR) is 73.4 cm³/mol. The lowest BCUT2D eigenvalue weighted by Gasteiger charge is -2.20. The molecule has 2 N–H and O–H groups in total. The van der Waals surface area contributed by atoms with E-state index in [4.69, 9.17) is 0 Å². The summed E-state index contributed by atoms with van der Waals surface area (Å²) >= 11 is 2.02. The highest BCUT2D eigenvalue weighted by atomic mass is 32.2. The van der Waals surface area contributed by atoms with Crippen LogP contribution in [0.25, 0.3) is 0 Å². The first kappa shape index (κ1) is 13.1. The van der Waals surface area contributed by atoms with E-state index in [0.717, 1.165) is 5.75 Å². The normalized spacial score (nSPS) is 32.2. The van der Waals surface area contributed by atoms with E-state index in [0.29, 0.717) is 22.7 Å². The minimum Gasteiger partial charge on any atom is -0.332 e. The number of nitrogens with one attached hydrogen (secondary N) is 2. The highest BCUT2D eigenvalue weighted by Crippen LogP contribution is 2.33. The number of urea groups is 1. The van der Waals surface area contributed by atoms with Gasteiger partial charge in [0, 0.05) is 11.0 Å². The van der Waals surface area contributed by atoms with Crippen LogP contribution in [0, 0.1) is 5.41 Å². The third-order valence-electron chi connectivity index (χ3n) is 3.60. The minimum absolute atomic E-state index is 0.0278. The van der Waals surface area contributed by atoms with Crippen molar-refractivity contribution in [2.45, 2.75) is 63.8 Å². The Labute approximate surface area is 108 Å². The summed E-state index contributed by atoms with van der Waals surface area (Å²) in [5.74, 6) is 1.08. The quantitative estimate of drug-likeness (QED) is 0.600. The number of fused-ring (bicyclic) bond motifs is 1. The molecule has 2 aliphatic rings. The number of unbranched alkanes of at least 4 members (excludes halogenated alkanes) is 1. The molecule has 2 fully saturated rings. The molecule has 0 aromatic carbocycles. The Morgan fingerprint density at radius 2 is 2.06 bits per heavy atom. The van der Waals surface area contributed by atoms with Crippen LogP contribution in [-0.2, 0) is 0 Å². The maximum atomic E-state index is 11.2. The zero-order valence-electron chi connectivity index (χ0n) is 11.1. The first-order valence-corrected chi connectivity index (χ1v) is 7.69. The minimum atomic E-state index is 0.0278. The van der Waals surface area contributed by atoms with Gasteiger partial charge < -0.3 is 10.6 Å². The molecule has 0 spiro atoms. The van der Waals surface area contributed by atoms with Crippen LogP contribution < -0.4 is 10.6 Å². The van der Waals surface area contributed by atoms with Gasteiger partial charge in [-0.1, -0.05) is 33.6 Å². The van der Waals surface area contributed by atoms with Crippen molar-refractivity contribution in [2.75, 3.05) is 5.75 Å². The van der Waals surface area contributed by atoms with Gasteiger partial charge in [0.15, 0.2) is 0 Å². The van der Waals surface area contributed by atoms with Crippen LogP contribution in [0.4, 0.5) is 4.79 Å². The van der Waals surface area contributed by atoms with Gasteiger partial charge in [-0.25, -0.2) is 4.79 Å². The molecule has 0 bridgehead atoms. The number of thioether (sulfide) groups is 1. The van der Waals surface area contributed by atoms with Crippen molar-refractivity contribution in [1.82, 2.24) is 10.6 Å². The Morgan fingerprint density at radius 3 is 2.76 bits per heavy atom. The third-order valence-corrected chi connectivity index (χ3v) is 5.11. The molecule has 2 heterocycles. The van der Waals surface area contributed by atoms with Crippen LogP contribution >= 0.6 is 11.8 Å². The largest absolute Gasteiger partial charge is 0.332 e. The van der Waals surface area contributed by atoms with Gasteiger partial charge in [0.2, 0.25) is 0 Å². The lowest BCUT2D eigenvalue weighted by Crippen LogP contribution is -2.36. The molecule has 2 amide bonds. The van der Waals surface area contributed by atoms with E-state index in [2.05, 4.69) is 31.4 Å². The van der Waals surface area contributed by atoms with Gasteiger partial charge in [0.1, 0.15) is 0 Å². The SMILES string of the molecule is CC(C)(C)CCCC[C@@H]1SC[C@@H]2NC(=O)N[C@@H]21. The molecule has 0 radical (unpaired) electrons. The monoisotopic (exact) mass is 256 g/mol. The van der Waals surface area contributed by atoms with Gasteiger partial charge >= 0.3 is 6.03 Å². The molecule has 0 aromatic heterocycles. The second-order valence-electron chi connectivity index (χ2n) is 6.43. The maximum absolute atomic E-state index is 11.2. The summed E-state index contributed by atoms with van der Waals surface area (Å²) in [6.45, 7) is 6.90. The van der Waals surface area contributed by atoms with Crippen molar-refractivity contribution in [3.63, 3.8) is 0 Å². The number of rotatable bonds is 4. The highest BCUT2D eigenvalue weighted by Gasteiger charge is 2.42.